The monoisotopic (exact) mass is 538 g/mol. The molecule has 0 heterocycles. The number of nitrogens with zero attached hydrogens (tertiary/aromatic N) is 1. The van der Waals surface area contributed by atoms with E-state index in [4.69, 9.17) is 25.8 Å². The fourth-order valence-corrected chi connectivity index (χ4v) is 3.86. The van der Waals surface area contributed by atoms with Gasteiger partial charge in [-0.1, -0.05) is 53.6 Å². The lowest BCUT2D eigenvalue weighted by atomic mass is 10.1. The molecule has 0 fully saturated rings. The Bertz CT molecular complexity index is 1510. The fourth-order valence-electron chi connectivity index (χ4n) is 3.73. The number of carbonyl (C=O) groups is 1. The number of hydrogen-bond acceptors (Lipinski definition) is 5. The van der Waals surface area contributed by atoms with Crippen molar-refractivity contribution < 1.29 is 19.0 Å². The molecule has 196 valence electrons. The number of hydrogen-bond donors (Lipinski definition) is 1. The number of halogens is 1. The summed E-state index contributed by atoms with van der Waals surface area (Å²) < 4.78 is 17.2. The van der Waals surface area contributed by atoms with E-state index in [1.54, 1.807) is 49.6 Å². The number of aryl methyl sites for hydroxylation is 1. The molecule has 0 saturated heterocycles. The van der Waals surface area contributed by atoms with E-state index in [9.17, 15) is 10.1 Å². The minimum Gasteiger partial charge on any atom is -0.497 e. The molecule has 4 aromatic carbocycles. The van der Waals surface area contributed by atoms with Crippen molar-refractivity contribution in [3.63, 3.8) is 0 Å². The number of nitrogens with one attached hydrogen (secondary N) is 1. The van der Waals surface area contributed by atoms with Crippen LogP contribution in [0.4, 0.5) is 5.69 Å². The Morgan fingerprint density at radius 3 is 2.31 bits per heavy atom. The van der Waals surface area contributed by atoms with Gasteiger partial charge in [0.05, 0.1) is 7.11 Å². The third-order valence-corrected chi connectivity index (χ3v) is 6.05. The predicted molar refractivity (Wildman–Crippen MR) is 153 cm³/mol. The van der Waals surface area contributed by atoms with Crippen molar-refractivity contribution >= 4 is 29.3 Å². The van der Waals surface area contributed by atoms with E-state index in [0.29, 0.717) is 46.7 Å². The van der Waals surface area contributed by atoms with Gasteiger partial charge < -0.3 is 19.5 Å². The van der Waals surface area contributed by atoms with Crippen LogP contribution in [0.5, 0.6) is 17.2 Å². The first-order valence-electron chi connectivity index (χ1n) is 12.2. The van der Waals surface area contributed by atoms with Gasteiger partial charge in [0.1, 0.15) is 42.1 Å². The van der Waals surface area contributed by atoms with Gasteiger partial charge in [0.2, 0.25) is 0 Å². The molecule has 0 radical (unpaired) electrons. The van der Waals surface area contributed by atoms with Crippen LogP contribution in [0.25, 0.3) is 6.08 Å². The molecule has 1 amide bonds. The number of carbonyl (C=O) groups excluding carboxylic acids is 1. The summed E-state index contributed by atoms with van der Waals surface area (Å²) in [6.45, 7) is 2.74. The molecule has 6 nitrogen and oxygen atoms in total. The topological polar surface area (TPSA) is 80.6 Å². The van der Waals surface area contributed by atoms with E-state index in [1.165, 1.54) is 6.08 Å². The Morgan fingerprint density at radius 2 is 1.62 bits per heavy atom. The SMILES string of the molecule is COc1ccc(/C=C(\C#N)C(=O)Nc2ccc(OCc3ccc(Cl)cc3)cc2)c(OCc2cccc(C)c2)c1. The van der Waals surface area contributed by atoms with Gasteiger partial charge in [0, 0.05) is 22.3 Å². The minimum absolute atomic E-state index is 0.0661. The van der Waals surface area contributed by atoms with Crippen LogP contribution in [0, 0.1) is 18.3 Å². The minimum atomic E-state index is -0.534. The van der Waals surface area contributed by atoms with Gasteiger partial charge in [0.25, 0.3) is 5.91 Å². The summed E-state index contributed by atoms with van der Waals surface area (Å²) in [5.74, 6) is 1.21. The molecule has 1 N–H and O–H groups in total. The zero-order valence-corrected chi connectivity index (χ0v) is 22.4. The third kappa shape index (κ3) is 7.88. The van der Waals surface area contributed by atoms with E-state index >= 15 is 0 Å². The number of nitriles is 1. The second-order valence-electron chi connectivity index (χ2n) is 8.74. The van der Waals surface area contributed by atoms with Crippen molar-refractivity contribution in [3.05, 3.63) is 124 Å². The number of benzene rings is 4. The van der Waals surface area contributed by atoms with Crippen molar-refractivity contribution in [2.24, 2.45) is 0 Å². The molecule has 0 aliphatic carbocycles. The molecule has 0 aliphatic rings. The molecule has 4 aromatic rings. The molecule has 7 heteroatoms. The molecule has 4 rings (SSSR count). The second-order valence-corrected chi connectivity index (χ2v) is 9.18. The van der Waals surface area contributed by atoms with Gasteiger partial charge in [-0.15, -0.1) is 0 Å². The van der Waals surface area contributed by atoms with Gasteiger partial charge in [-0.25, -0.2) is 0 Å². The van der Waals surface area contributed by atoms with E-state index in [-0.39, 0.29) is 5.57 Å². The number of amides is 1. The number of rotatable bonds is 10. The molecule has 0 atom stereocenters. The quantitative estimate of drug-likeness (QED) is 0.168. The number of ether oxygens (including phenoxy) is 3. The van der Waals surface area contributed by atoms with Crippen LogP contribution in [0.15, 0.2) is 96.6 Å². The van der Waals surface area contributed by atoms with E-state index in [0.717, 1.165) is 16.7 Å². The van der Waals surface area contributed by atoms with Gasteiger partial charge in [-0.05, 0) is 72.7 Å². The normalized spacial score (nSPS) is 10.9. The largest absolute Gasteiger partial charge is 0.497 e. The van der Waals surface area contributed by atoms with Crippen LogP contribution in [-0.4, -0.2) is 13.0 Å². The van der Waals surface area contributed by atoms with Crippen LogP contribution in [0.1, 0.15) is 22.3 Å². The van der Waals surface area contributed by atoms with Crippen molar-refractivity contribution in [1.29, 1.82) is 5.26 Å². The highest BCUT2D eigenvalue weighted by Gasteiger charge is 2.13. The lowest BCUT2D eigenvalue weighted by Gasteiger charge is -2.12. The maximum atomic E-state index is 12.9. The van der Waals surface area contributed by atoms with Crippen LogP contribution < -0.4 is 19.5 Å². The van der Waals surface area contributed by atoms with Crippen LogP contribution in [-0.2, 0) is 18.0 Å². The number of methoxy groups -OCH3 is 1. The lowest BCUT2D eigenvalue weighted by Crippen LogP contribution is -2.13. The first kappa shape index (κ1) is 27.3. The van der Waals surface area contributed by atoms with Gasteiger partial charge in [-0.3, -0.25) is 4.79 Å². The highest BCUT2D eigenvalue weighted by Crippen LogP contribution is 2.28. The molecule has 0 bridgehead atoms. The Hall–Kier alpha value is -4.73. The zero-order valence-electron chi connectivity index (χ0n) is 21.6. The molecule has 0 unspecified atom stereocenters. The van der Waals surface area contributed by atoms with E-state index in [1.807, 2.05) is 61.5 Å². The van der Waals surface area contributed by atoms with Gasteiger partial charge in [-0.2, -0.15) is 5.26 Å². The van der Waals surface area contributed by atoms with Crippen LogP contribution in [0.3, 0.4) is 0 Å². The predicted octanol–water partition coefficient (Wildman–Crippen LogP) is 7.36. The molecule has 0 spiro atoms. The Kier molecular flexibility index (Phi) is 9.23. The third-order valence-electron chi connectivity index (χ3n) is 5.79. The molecular weight excluding hydrogens is 512 g/mol. The summed E-state index contributed by atoms with van der Waals surface area (Å²) in [5, 5.41) is 13.2. The van der Waals surface area contributed by atoms with Crippen LogP contribution >= 0.6 is 11.6 Å². The highest BCUT2D eigenvalue weighted by molar-refractivity contribution is 6.30. The first-order chi connectivity index (χ1) is 18.9. The Balaban J connectivity index is 1.44. The molecule has 0 saturated carbocycles. The maximum absolute atomic E-state index is 12.9. The van der Waals surface area contributed by atoms with Gasteiger partial charge >= 0.3 is 0 Å². The highest BCUT2D eigenvalue weighted by atomic mass is 35.5. The van der Waals surface area contributed by atoms with Crippen molar-refractivity contribution in [2.45, 2.75) is 20.1 Å². The summed E-state index contributed by atoms with van der Waals surface area (Å²) in [6, 6.07) is 29.6. The van der Waals surface area contributed by atoms with E-state index in [2.05, 4.69) is 5.32 Å². The van der Waals surface area contributed by atoms with Gasteiger partial charge in [0.15, 0.2) is 0 Å². The lowest BCUT2D eigenvalue weighted by molar-refractivity contribution is -0.112. The standard InChI is InChI=1S/C32H27ClN2O4/c1-22-4-3-5-24(16-22)21-39-31-18-30(37-2)13-8-25(31)17-26(19-34)32(36)35-28-11-14-29(15-12-28)38-20-23-6-9-27(33)10-7-23/h3-18H,20-21H2,1-2H3,(H,35,36)/b26-17+. The Labute approximate surface area is 233 Å². The maximum Gasteiger partial charge on any atom is 0.266 e. The fraction of sp³-hybridized carbons (Fsp3) is 0.125. The summed E-state index contributed by atoms with van der Waals surface area (Å²) in [5.41, 5.74) is 4.18. The summed E-state index contributed by atoms with van der Waals surface area (Å²) in [4.78, 5) is 12.9. The van der Waals surface area contributed by atoms with Crippen LogP contribution in [0.2, 0.25) is 5.02 Å². The summed E-state index contributed by atoms with van der Waals surface area (Å²) in [6.07, 6.45) is 1.50. The molecular formula is C32H27ClN2O4. The average Bonchev–Trinajstić information content (AvgIpc) is 2.95. The second kappa shape index (κ2) is 13.2. The summed E-state index contributed by atoms with van der Waals surface area (Å²) in [7, 11) is 1.57. The van der Waals surface area contributed by atoms with Crippen molar-refractivity contribution in [1.82, 2.24) is 0 Å². The Morgan fingerprint density at radius 1 is 0.897 bits per heavy atom. The molecule has 39 heavy (non-hydrogen) atoms. The first-order valence-corrected chi connectivity index (χ1v) is 12.6. The average molecular weight is 539 g/mol. The van der Waals surface area contributed by atoms with E-state index < -0.39 is 5.91 Å². The molecule has 0 aromatic heterocycles. The zero-order chi connectivity index (χ0) is 27.6. The number of anilines is 1. The summed E-state index contributed by atoms with van der Waals surface area (Å²) >= 11 is 5.92. The van der Waals surface area contributed by atoms with Crippen molar-refractivity contribution in [2.75, 3.05) is 12.4 Å². The molecule has 0 aliphatic heterocycles. The smallest absolute Gasteiger partial charge is 0.266 e. The van der Waals surface area contributed by atoms with Crippen molar-refractivity contribution in [3.8, 4) is 23.3 Å².